The lowest BCUT2D eigenvalue weighted by Gasteiger charge is -2.27. The maximum atomic E-state index is 4.33. The Hall–Kier alpha value is -1.26. The molecule has 2 aromatic rings. The highest BCUT2D eigenvalue weighted by atomic mass is 32.1. The summed E-state index contributed by atoms with van der Waals surface area (Å²) in [7, 11) is 0. The van der Waals surface area contributed by atoms with Crippen LogP contribution in [0.15, 0.2) is 24.0 Å². The Kier molecular flexibility index (Phi) is 2.91. The van der Waals surface area contributed by atoms with E-state index in [0.29, 0.717) is 0 Å². The second-order valence-corrected chi connectivity index (χ2v) is 5.48. The van der Waals surface area contributed by atoms with Crippen molar-refractivity contribution in [2.45, 2.75) is 26.4 Å². The molecular weight excluding hydrogens is 230 g/mol. The van der Waals surface area contributed by atoms with Gasteiger partial charge in [0.25, 0.3) is 0 Å². The zero-order valence-electron chi connectivity index (χ0n) is 9.89. The van der Waals surface area contributed by atoms with Crippen LogP contribution in [0.25, 0.3) is 0 Å². The van der Waals surface area contributed by atoms with Gasteiger partial charge in [0.05, 0.1) is 0 Å². The van der Waals surface area contributed by atoms with Crippen molar-refractivity contribution >= 4 is 11.3 Å². The minimum atomic E-state index is 0.980. The molecule has 0 spiro atoms. The predicted octanol–water partition coefficient (Wildman–Crippen LogP) is 2.40. The van der Waals surface area contributed by atoms with Crippen molar-refractivity contribution in [2.75, 3.05) is 6.54 Å². The summed E-state index contributed by atoms with van der Waals surface area (Å²) in [5.74, 6) is 0. The Morgan fingerprint density at radius 3 is 3.24 bits per heavy atom. The molecule has 0 aliphatic carbocycles. The van der Waals surface area contributed by atoms with E-state index in [0.717, 1.165) is 26.1 Å². The molecule has 3 heterocycles. The largest absolute Gasteiger partial charge is 0.293 e. The topological polar surface area (TPSA) is 29.0 Å². The molecule has 1 aliphatic heterocycles. The summed E-state index contributed by atoms with van der Waals surface area (Å²) in [6.45, 7) is 5.32. The Labute approximate surface area is 105 Å². The van der Waals surface area contributed by atoms with E-state index in [9.17, 15) is 0 Å². The molecule has 0 radical (unpaired) electrons. The second-order valence-electron chi connectivity index (χ2n) is 4.48. The Morgan fingerprint density at radius 1 is 1.47 bits per heavy atom. The fourth-order valence-electron chi connectivity index (χ4n) is 2.23. The van der Waals surface area contributed by atoms with Gasteiger partial charge in [-0.3, -0.25) is 4.90 Å². The van der Waals surface area contributed by atoms with Gasteiger partial charge in [-0.15, -0.1) is 11.3 Å². The lowest BCUT2D eigenvalue weighted by atomic mass is 10.1. The van der Waals surface area contributed by atoms with Gasteiger partial charge in [-0.2, -0.15) is 0 Å². The number of hydrogen-bond donors (Lipinski definition) is 0. The van der Waals surface area contributed by atoms with Crippen molar-refractivity contribution in [3.05, 3.63) is 45.7 Å². The molecule has 1 aliphatic rings. The van der Waals surface area contributed by atoms with Gasteiger partial charge in [0.1, 0.15) is 6.33 Å². The van der Waals surface area contributed by atoms with Gasteiger partial charge >= 0.3 is 0 Å². The van der Waals surface area contributed by atoms with E-state index in [1.807, 2.05) is 17.5 Å². The van der Waals surface area contributed by atoms with Gasteiger partial charge in [0, 0.05) is 48.4 Å². The molecular formula is C13H15N3S. The summed E-state index contributed by atoms with van der Waals surface area (Å²) < 4.78 is 0. The number of hydrogen-bond acceptors (Lipinski definition) is 4. The Morgan fingerprint density at radius 2 is 2.41 bits per heavy atom. The lowest BCUT2D eigenvalue weighted by molar-refractivity contribution is 0.244. The SMILES string of the molecule is Cc1ccsc1CN1CCc2ncncc2C1. The molecule has 0 amide bonds. The van der Waals surface area contributed by atoms with E-state index < -0.39 is 0 Å². The molecule has 0 unspecified atom stereocenters. The van der Waals surface area contributed by atoms with Gasteiger partial charge in [-0.1, -0.05) is 0 Å². The highest BCUT2D eigenvalue weighted by Crippen LogP contribution is 2.22. The van der Waals surface area contributed by atoms with E-state index in [2.05, 4.69) is 33.2 Å². The zero-order chi connectivity index (χ0) is 11.7. The minimum Gasteiger partial charge on any atom is -0.293 e. The maximum Gasteiger partial charge on any atom is 0.115 e. The van der Waals surface area contributed by atoms with Crippen molar-refractivity contribution < 1.29 is 0 Å². The predicted molar refractivity (Wildman–Crippen MR) is 68.9 cm³/mol. The van der Waals surface area contributed by atoms with Crippen LogP contribution in [-0.2, 0) is 19.5 Å². The van der Waals surface area contributed by atoms with E-state index in [1.165, 1.54) is 21.7 Å². The van der Waals surface area contributed by atoms with Gasteiger partial charge in [-0.05, 0) is 23.9 Å². The van der Waals surface area contributed by atoms with Crippen molar-refractivity contribution in [3.8, 4) is 0 Å². The summed E-state index contributed by atoms with van der Waals surface area (Å²) >= 11 is 1.85. The van der Waals surface area contributed by atoms with Crippen molar-refractivity contribution in [2.24, 2.45) is 0 Å². The standard InChI is InChI=1S/C13H15N3S/c1-10-3-5-17-13(10)8-16-4-2-12-11(7-16)6-14-9-15-12/h3,5-6,9H,2,4,7-8H2,1H3. The Balaban J connectivity index is 1.74. The summed E-state index contributed by atoms with van der Waals surface area (Å²) in [6.07, 6.45) is 4.65. The molecule has 0 saturated carbocycles. The average molecular weight is 245 g/mol. The average Bonchev–Trinajstić information content (AvgIpc) is 2.75. The van der Waals surface area contributed by atoms with E-state index in [4.69, 9.17) is 0 Å². The minimum absolute atomic E-state index is 0.980. The van der Waals surface area contributed by atoms with Crippen LogP contribution in [0.3, 0.4) is 0 Å². The molecule has 3 rings (SSSR count). The Bertz CT molecular complexity index is 521. The number of rotatable bonds is 2. The summed E-state index contributed by atoms with van der Waals surface area (Å²) in [5, 5.41) is 2.17. The van der Waals surface area contributed by atoms with E-state index >= 15 is 0 Å². The van der Waals surface area contributed by atoms with Gasteiger partial charge in [0.15, 0.2) is 0 Å². The first-order valence-electron chi connectivity index (χ1n) is 5.86. The van der Waals surface area contributed by atoms with E-state index in [1.54, 1.807) is 6.33 Å². The van der Waals surface area contributed by atoms with Crippen molar-refractivity contribution in [1.82, 2.24) is 14.9 Å². The van der Waals surface area contributed by atoms with Gasteiger partial charge < -0.3 is 0 Å². The third-order valence-corrected chi connectivity index (χ3v) is 4.28. The zero-order valence-corrected chi connectivity index (χ0v) is 10.7. The third kappa shape index (κ3) is 2.23. The lowest BCUT2D eigenvalue weighted by Crippen LogP contribution is -2.30. The van der Waals surface area contributed by atoms with Crippen LogP contribution in [0.1, 0.15) is 21.7 Å². The maximum absolute atomic E-state index is 4.33. The van der Waals surface area contributed by atoms with Crippen LogP contribution in [0.4, 0.5) is 0 Å². The van der Waals surface area contributed by atoms with Crippen LogP contribution >= 0.6 is 11.3 Å². The van der Waals surface area contributed by atoms with Crippen LogP contribution < -0.4 is 0 Å². The number of fused-ring (bicyclic) bond motifs is 1. The quantitative estimate of drug-likeness (QED) is 0.813. The number of aryl methyl sites for hydroxylation is 1. The molecule has 88 valence electrons. The summed E-state index contributed by atoms with van der Waals surface area (Å²) in [5.41, 5.74) is 3.91. The third-order valence-electron chi connectivity index (χ3n) is 3.28. The molecule has 0 saturated heterocycles. The molecule has 0 N–H and O–H groups in total. The first-order valence-corrected chi connectivity index (χ1v) is 6.74. The highest BCUT2D eigenvalue weighted by molar-refractivity contribution is 7.10. The molecule has 0 fully saturated rings. The molecule has 0 bridgehead atoms. The van der Waals surface area contributed by atoms with Crippen molar-refractivity contribution in [1.29, 1.82) is 0 Å². The summed E-state index contributed by atoms with van der Waals surface area (Å²) in [6, 6.07) is 2.20. The molecule has 0 aromatic carbocycles. The molecule has 3 nitrogen and oxygen atoms in total. The number of nitrogens with zero attached hydrogens (tertiary/aromatic N) is 3. The van der Waals surface area contributed by atoms with Crippen molar-refractivity contribution in [3.63, 3.8) is 0 Å². The normalized spacial score (nSPS) is 15.8. The first-order chi connectivity index (χ1) is 8.33. The van der Waals surface area contributed by atoms with Gasteiger partial charge in [0.2, 0.25) is 0 Å². The van der Waals surface area contributed by atoms with Gasteiger partial charge in [-0.25, -0.2) is 9.97 Å². The molecule has 17 heavy (non-hydrogen) atoms. The van der Waals surface area contributed by atoms with Crippen LogP contribution in [0.2, 0.25) is 0 Å². The smallest absolute Gasteiger partial charge is 0.115 e. The fraction of sp³-hybridized carbons (Fsp3) is 0.385. The fourth-order valence-corrected chi connectivity index (χ4v) is 3.18. The summed E-state index contributed by atoms with van der Waals surface area (Å²) in [4.78, 5) is 12.4. The van der Waals surface area contributed by atoms with Crippen LogP contribution in [0.5, 0.6) is 0 Å². The first kappa shape index (κ1) is 10.9. The molecule has 2 aromatic heterocycles. The molecule has 4 heteroatoms. The monoisotopic (exact) mass is 245 g/mol. The second kappa shape index (κ2) is 4.55. The number of aromatic nitrogens is 2. The highest BCUT2D eigenvalue weighted by Gasteiger charge is 2.18. The number of thiophene rings is 1. The molecule has 0 atom stereocenters. The van der Waals surface area contributed by atoms with E-state index in [-0.39, 0.29) is 0 Å². The van der Waals surface area contributed by atoms with Crippen LogP contribution in [0, 0.1) is 6.92 Å². The van der Waals surface area contributed by atoms with Crippen LogP contribution in [-0.4, -0.2) is 21.4 Å².